The number of nitrogens with two attached hydrogens (primary N) is 1. The Morgan fingerprint density at radius 3 is 2.60 bits per heavy atom. The molecule has 1 aromatic heterocycles. The van der Waals surface area contributed by atoms with E-state index in [4.69, 9.17) is 10.8 Å². The van der Waals surface area contributed by atoms with Crippen LogP contribution in [-0.2, 0) is 0 Å². The normalized spacial score (nSPS) is 10.5. The van der Waals surface area contributed by atoms with Crippen molar-refractivity contribution in [2.24, 2.45) is 0 Å². The number of halogens is 2. The van der Waals surface area contributed by atoms with Crippen LogP contribution in [0.5, 0.6) is 5.75 Å². The molecule has 0 saturated carbocycles. The van der Waals surface area contributed by atoms with E-state index in [0.717, 1.165) is 17.4 Å². The van der Waals surface area contributed by atoms with E-state index in [0.29, 0.717) is 6.07 Å². The molecule has 0 unspecified atom stereocenters. The van der Waals surface area contributed by atoms with Gasteiger partial charge in [0.2, 0.25) is 0 Å². The van der Waals surface area contributed by atoms with Crippen molar-refractivity contribution in [2.75, 3.05) is 5.73 Å². The minimum atomic E-state index is -0.891. The van der Waals surface area contributed by atoms with Gasteiger partial charge >= 0.3 is 0 Å². The minimum absolute atomic E-state index is 0.0155. The van der Waals surface area contributed by atoms with Crippen molar-refractivity contribution in [2.45, 2.75) is 0 Å². The molecule has 0 saturated heterocycles. The zero-order valence-electron chi connectivity index (χ0n) is 7.37. The summed E-state index contributed by atoms with van der Waals surface area (Å²) in [4.78, 5) is 3.82. The van der Waals surface area contributed by atoms with Gasteiger partial charge in [-0.05, 0) is 6.07 Å². The maximum Gasteiger partial charge on any atom is 0.180 e. The number of benzene rings is 1. The average Bonchev–Trinajstić information content (AvgIpc) is 2.58. The molecule has 78 valence electrons. The number of nitrogens with zero attached hydrogens (tertiary/aromatic N) is 1. The van der Waals surface area contributed by atoms with E-state index in [9.17, 15) is 8.78 Å². The molecule has 1 aromatic carbocycles. The summed E-state index contributed by atoms with van der Waals surface area (Å²) in [5.41, 5.74) is 5.62. The summed E-state index contributed by atoms with van der Waals surface area (Å²) >= 11 is 1.13. The summed E-state index contributed by atoms with van der Waals surface area (Å²) in [7, 11) is 0. The summed E-state index contributed by atoms with van der Waals surface area (Å²) < 4.78 is 26.3. The third kappa shape index (κ3) is 1.75. The predicted molar refractivity (Wildman–Crippen MR) is 53.5 cm³/mol. The molecule has 0 radical (unpaired) electrons. The summed E-state index contributed by atoms with van der Waals surface area (Å²) in [6.07, 6.45) is 0. The minimum Gasteiger partial charge on any atom is -0.505 e. The van der Waals surface area contributed by atoms with E-state index in [1.165, 1.54) is 5.38 Å². The van der Waals surface area contributed by atoms with Gasteiger partial charge in [-0.15, -0.1) is 11.3 Å². The van der Waals surface area contributed by atoms with Gasteiger partial charge in [0, 0.05) is 17.0 Å². The van der Waals surface area contributed by atoms with Crippen molar-refractivity contribution in [1.82, 2.24) is 4.98 Å². The first-order valence-corrected chi connectivity index (χ1v) is 4.85. The molecule has 0 bridgehead atoms. The maximum atomic E-state index is 13.3. The van der Waals surface area contributed by atoms with E-state index in [-0.39, 0.29) is 16.4 Å². The second kappa shape index (κ2) is 3.47. The fourth-order valence-electron chi connectivity index (χ4n) is 1.14. The molecule has 0 aliphatic carbocycles. The van der Waals surface area contributed by atoms with Gasteiger partial charge in [-0.1, -0.05) is 0 Å². The lowest BCUT2D eigenvalue weighted by Gasteiger charge is -2.01. The summed E-state index contributed by atoms with van der Waals surface area (Å²) in [6, 6.07) is 1.60. The van der Waals surface area contributed by atoms with Gasteiger partial charge in [-0.25, -0.2) is 13.8 Å². The Labute approximate surface area is 87.8 Å². The van der Waals surface area contributed by atoms with E-state index in [2.05, 4.69) is 4.98 Å². The Morgan fingerprint density at radius 1 is 1.27 bits per heavy atom. The Bertz CT molecular complexity index is 513. The summed E-state index contributed by atoms with van der Waals surface area (Å²) in [5.74, 6) is -2.35. The van der Waals surface area contributed by atoms with Crippen molar-refractivity contribution in [1.29, 1.82) is 0 Å². The molecular weight excluding hydrogens is 222 g/mol. The molecule has 15 heavy (non-hydrogen) atoms. The van der Waals surface area contributed by atoms with Crippen LogP contribution in [0.3, 0.4) is 0 Å². The van der Waals surface area contributed by atoms with Crippen molar-refractivity contribution < 1.29 is 13.9 Å². The van der Waals surface area contributed by atoms with Crippen LogP contribution in [0, 0.1) is 11.6 Å². The fraction of sp³-hybridized carbons (Fsp3) is 0. The Kier molecular flexibility index (Phi) is 2.28. The highest BCUT2D eigenvalue weighted by molar-refractivity contribution is 7.13. The Balaban J connectivity index is 2.58. The Morgan fingerprint density at radius 2 is 2.00 bits per heavy atom. The number of aromatic hydroxyl groups is 1. The quantitative estimate of drug-likeness (QED) is 0.787. The molecule has 3 N–H and O–H groups in total. The van der Waals surface area contributed by atoms with Crippen LogP contribution in [0.4, 0.5) is 13.9 Å². The number of hydrogen-bond donors (Lipinski definition) is 2. The van der Waals surface area contributed by atoms with Crippen LogP contribution in [-0.4, -0.2) is 10.1 Å². The standard InChI is InChI=1S/C9H6F2N2OS/c10-5-2-8(14)6(11)1-4(5)7-3-15-9(12)13-7/h1-3,14H,(H2,12,13). The van der Waals surface area contributed by atoms with Crippen LogP contribution in [0.25, 0.3) is 11.3 Å². The van der Waals surface area contributed by atoms with Crippen LogP contribution < -0.4 is 5.73 Å². The fourth-order valence-corrected chi connectivity index (χ4v) is 1.71. The molecule has 0 amide bonds. The molecular formula is C9H6F2N2OS. The lowest BCUT2D eigenvalue weighted by atomic mass is 10.1. The van der Waals surface area contributed by atoms with Crippen molar-refractivity contribution in [3.8, 4) is 17.0 Å². The van der Waals surface area contributed by atoms with E-state index in [1.807, 2.05) is 0 Å². The SMILES string of the molecule is Nc1nc(-c2cc(F)c(O)cc2F)cs1. The second-order valence-corrected chi connectivity index (χ2v) is 3.74. The number of phenolic OH excluding ortho intramolecular Hbond substituents is 1. The van der Waals surface area contributed by atoms with Crippen LogP contribution in [0.15, 0.2) is 17.5 Å². The molecule has 2 rings (SSSR count). The average molecular weight is 228 g/mol. The number of aromatic nitrogens is 1. The molecule has 0 aliphatic rings. The molecule has 2 aromatic rings. The third-order valence-electron chi connectivity index (χ3n) is 1.83. The number of nitrogen functional groups attached to an aromatic ring is 1. The van der Waals surface area contributed by atoms with Crippen molar-refractivity contribution >= 4 is 16.5 Å². The second-order valence-electron chi connectivity index (χ2n) is 2.85. The highest BCUT2D eigenvalue weighted by atomic mass is 32.1. The number of phenols is 1. The molecule has 0 aliphatic heterocycles. The van der Waals surface area contributed by atoms with Gasteiger partial charge in [-0.2, -0.15) is 0 Å². The van der Waals surface area contributed by atoms with E-state index >= 15 is 0 Å². The molecule has 0 fully saturated rings. The van der Waals surface area contributed by atoms with Crippen LogP contribution in [0.2, 0.25) is 0 Å². The molecule has 1 heterocycles. The lowest BCUT2D eigenvalue weighted by Crippen LogP contribution is -1.89. The highest BCUT2D eigenvalue weighted by Crippen LogP contribution is 2.29. The monoisotopic (exact) mass is 228 g/mol. The van der Waals surface area contributed by atoms with E-state index in [1.54, 1.807) is 0 Å². The third-order valence-corrected chi connectivity index (χ3v) is 2.51. The molecule has 6 heteroatoms. The van der Waals surface area contributed by atoms with E-state index < -0.39 is 17.4 Å². The number of thiazole rings is 1. The van der Waals surface area contributed by atoms with Crippen LogP contribution >= 0.6 is 11.3 Å². The van der Waals surface area contributed by atoms with Gasteiger partial charge < -0.3 is 10.8 Å². The number of hydrogen-bond acceptors (Lipinski definition) is 4. The largest absolute Gasteiger partial charge is 0.505 e. The van der Waals surface area contributed by atoms with Crippen molar-refractivity contribution in [3.63, 3.8) is 0 Å². The number of rotatable bonds is 1. The highest BCUT2D eigenvalue weighted by Gasteiger charge is 2.12. The lowest BCUT2D eigenvalue weighted by molar-refractivity contribution is 0.427. The summed E-state index contributed by atoms with van der Waals surface area (Å²) in [5, 5.41) is 10.7. The molecule has 0 spiro atoms. The van der Waals surface area contributed by atoms with Gasteiger partial charge in [0.25, 0.3) is 0 Å². The smallest absolute Gasteiger partial charge is 0.180 e. The predicted octanol–water partition coefficient (Wildman–Crippen LogP) is 2.38. The molecule has 0 atom stereocenters. The number of anilines is 1. The first-order chi connectivity index (χ1) is 7.08. The van der Waals surface area contributed by atoms with Crippen molar-refractivity contribution in [3.05, 3.63) is 29.1 Å². The first-order valence-electron chi connectivity index (χ1n) is 3.97. The van der Waals surface area contributed by atoms with Gasteiger partial charge in [0.1, 0.15) is 5.82 Å². The first kappa shape index (κ1) is 9.85. The molecule has 3 nitrogen and oxygen atoms in total. The topological polar surface area (TPSA) is 59.1 Å². The van der Waals surface area contributed by atoms with Gasteiger partial charge in [-0.3, -0.25) is 0 Å². The zero-order chi connectivity index (χ0) is 11.0. The maximum absolute atomic E-state index is 13.3. The van der Waals surface area contributed by atoms with Gasteiger partial charge in [0.15, 0.2) is 16.7 Å². The zero-order valence-corrected chi connectivity index (χ0v) is 8.18. The van der Waals surface area contributed by atoms with Gasteiger partial charge in [0.05, 0.1) is 5.69 Å². The van der Waals surface area contributed by atoms with Crippen LogP contribution in [0.1, 0.15) is 0 Å². The summed E-state index contributed by atoms with van der Waals surface area (Å²) in [6.45, 7) is 0. The Hall–Kier alpha value is -1.69.